The molecule has 2 aromatic heterocycles. The van der Waals surface area contributed by atoms with Gasteiger partial charge in [0.05, 0.1) is 33.5 Å². The third-order valence-electron chi connectivity index (χ3n) is 4.48. The Morgan fingerprint density at radius 2 is 1.29 bits per heavy atom. The molecular weight excluding hydrogens is 396 g/mol. The summed E-state index contributed by atoms with van der Waals surface area (Å²) < 4.78 is 2.06. The fourth-order valence-corrected chi connectivity index (χ4v) is 4.27. The van der Waals surface area contributed by atoms with Gasteiger partial charge in [0, 0.05) is 27.2 Å². The molecule has 3 aromatic rings. The molecular formula is C18H24N6O2S2. The first-order valence-electron chi connectivity index (χ1n) is 9.08. The minimum Gasteiger partial charge on any atom is -0.352 e. The van der Waals surface area contributed by atoms with Crippen molar-refractivity contribution in [1.29, 1.82) is 0 Å². The molecule has 2 N–H and O–H groups in total. The van der Waals surface area contributed by atoms with E-state index in [1.807, 2.05) is 19.9 Å². The van der Waals surface area contributed by atoms with Crippen molar-refractivity contribution in [2.75, 3.05) is 50.9 Å². The zero-order chi connectivity index (χ0) is 20.3. The lowest BCUT2D eigenvalue weighted by Gasteiger charge is -2.14. The number of rotatable bonds is 8. The monoisotopic (exact) mass is 420 g/mol. The van der Waals surface area contributed by atoms with Crippen molar-refractivity contribution in [3.63, 3.8) is 0 Å². The lowest BCUT2D eigenvalue weighted by molar-refractivity contribution is -0.128. The summed E-state index contributed by atoms with van der Waals surface area (Å²) in [5.74, 6) is 0.0618. The van der Waals surface area contributed by atoms with Gasteiger partial charge in [-0.15, -0.1) is 0 Å². The third kappa shape index (κ3) is 4.50. The fourth-order valence-electron chi connectivity index (χ4n) is 2.43. The number of nitrogens with one attached hydrogen (secondary N) is 2. The number of fused-ring (bicyclic) bond motifs is 2. The van der Waals surface area contributed by atoms with E-state index in [2.05, 4.69) is 26.7 Å². The molecule has 0 atom stereocenters. The number of aromatic nitrogens is 2. The van der Waals surface area contributed by atoms with Gasteiger partial charge in [-0.3, -0.25) is 9.59 Å². The molecule has 2 amide bonds. The summed E-state index contributed by atoms with van der Waals surface area (Å²) in [5.41, 5.74) is 1.69. The average molecular weight is 421 g/mol. The van der Waals surface area contributed by atoms with Crippen LogP contribution in [0.2, 0.25) is 0 Å². The number of likely N-dealkylation sites (N-methyl/N-ethyl adjacent to an activating group) is 2. The Kier molecular flexibility index (Phi) is 6.30. The smallest absolute Gasteiger partial charge is 0.241 e. The minimum absolute atomic E-state index is 0.0309. The summed E-state index contributed by atoms with van der Waals surface area (Å²) in [6.07, 6.45) is 0. The molecule has 0 saturated heterocycles. The molecule has 0 saturated carbocycles. The van der Waals surface area contributed by atoms with Crippen molar-refractivity contribution in [3.05, 3.63) is 12.1 Å². The van der Waals surface area contributed by atoms with Crippen LogP contribution in [0.3, 0.4) is 0 Å². The van der Waals surface area contributed by atoms with Gasteiger partial charge in [0.2, 0.25) is 11.8 Å². The topological polar surface area (TPSA) is 90.5 Å². The van der Waals surface area contributed by atoms with Crippen LogP contribution >= 0.6 is 22.7 Å². The average Bonchev–Trinajstić information content (AvgIpc) is 3.28. The van der Waals surface area contributed by atoms with Crippen LogP contribution < -0.4 is 10.6 Å². The number of benzene rings is 1. The Morgan fingerprint density at radius 3 is 1.68 bits per heavy atom. The summed E-state index contributed by atoms with van der Waals surface area (Å²) in [4.78, 5) is 36.3. The van der Waals surface area contributed by atoms with E-state index in [1.54, 1.807) is 23.9 Å². The highest BCUT2D eigenvalue weighted by Gasteiger charge is 2.12. The molecule has 0 bridgehead atoms. The molecule has 2 heterocycles. The quantitative estimate of drug-likeness (QED) is 0.582. The van der Waals surface area contributed by atoms with Gasteiger partial charge in [-0.05, 0) is 26.0 Å². The van der Waals surface area contributed by atoms with Crippen LogP contribution in [0.15, 0.2) is 12.1 Å². The van der Waals surface area contributed by atoms with Crippen LogP contribution in [-0.2, 0) is 9.59 Å². The first-order chi connectivity index (χ1) is 13.4. The molecule has 0 unspecified atom stereocenters. The van der Waals surface area contributed by atoms with Crippen LogP contribution in [0.5, 0.6) is 0 Å². The molecule has 150 valence electrons. The summed E-state index contributed by atoms with van der Waals surface area (Å²) in [5, 5.41) is 7.64. The van der Waals surface area contributed by atoms with Crippen LogP contribution in [-0.4, -0.2) is 71.9 Å². The van der Waals surface area contributed by atoms with Gasteiger partial charge < -0.3 is 20.4 Å². The number of hydrogen-bond acceptors (Lipinski definition) is 8. The second-order valence-electron chi connectivity index (χ2n) is 6.35. The SMILES string of the molecule is CCN(C)C(=O)CNc1nc2cc3nc(NCC(=O)N(C)CC)sc3cc2s1. The number of carbonyl (C=O) groups is 2. The number of anilines is 2. The molecule has 28 heavy (non-hydrogen) atoms. The van der Waals surface area contributed by atoms with Gasteiger partial charge in [-0.1, -0.05) is 22.7 Å². The molecule has 0 aliphatic heterocycles. The Balaban J connectivity index is 1.70. The lowest BCUT2D eigenvalue weighted by Crippen LogP contribution is -2.31. The number of nitrogens with zero attached hydrogens (tertiary/aromatic N) is 4. The van der Waals surface area contributed by atoms with Crippen LogP contribution in [0.25, 0.3) is 20.4 Å². The summed E-state index contributed by atoms with van der Waals surface area (Å²) in [6.45, 7) is 5.70. The van der Waals surface area contributed by atoms with Crippen molar-refractivity contribution >= 4 is 65.2 Å². The van der Waals surface area contributed by atoms with E-state index in [0.717, 1.165) is 30.7 Å². The Bertz CT molecular complexity index is 872. The van der Waals surface area contributed by atoms with Crippen molar-refractivity contribution < 1.29 is 9.59 Å². The predicted octanol–water partition coefficient (Wildman–Crippen LogP) is 2.69. The standard InChI is InChI=1S/C18H24N6O2S2/c1-5-23(3)15(25)9-19-17-21-11-7-12-14(8-13(11)27-17)28-18(22-12)20-10-16(26)24(4)6-2/h7-8H,5-6,9-10H2,1-4H3,(H,19,21)(H,20,22). The van der Waals surface area contributed by atoms with E-state index in [1.165, 1.54) is 22.7 Å². The fraction of sp³-hybridized carbons (Fsp3) is 0.444. The number of amides is 2. The molecule has 8 nitrogen and oxygen atoms in total. The Morgan fingerprint density at radius 1 is 0.857 bits per heavy atom. The molecule has 10 heteroatoms. The van der Waals surface area contributed by atoms with Gasteiger partial charge >= 0.3 is 0 Å². The molecule has 0 spiro atoms. The van der Waals surface area contributed by atoms with Crippen LogP contribution in [0.1, 0.15) is 13.8 Å². The van der Waals surface area contributed by atoms with Gasteiger partial charge in [0.1, 0.15) is 0 Å². The van der Waals surface area contributed by atoms with E-state index in [4.69, 9.17) is 0 Å². The molecule has 1 aromatic carbocycles. The van der Waals surface area contributed by atoms with Crippen LogP contribution in [0, 0.1) is 0 Å². The first kappa shape index (κ1) is 20.3. The summed E-state index contributed by atoms with van der Waals surface area (Å²) in [6, 6.07) is 3.99. The largest absolute Gasteiger partial charge is 0.352 e. The van der Waals surface area contributed by atoms with Gasteiger partial charge in [0.25, 0.3) is 0 Å². The van der Waals surface area contributed by atoms with Crippen molar-refractivity contribution in [1.82, 2.24) is 19.8 Å². The maximum atomic E-state index is 11.9. The highest BCUT2D eigenvalue weighted by Crippen LogP contribution is 2.33. The summed E-state index contributed by atoms with van der Waals surface area (Å²) >= 11 is 3.03. The maximum Gasteiger partial charge on any atom is 0.241 e. The molecule has 0 aliphatic carbocycles. The van der Waals surface area contributed by atoms with Crippen molar-refractivity contribution in [2.24, 2.45) is 0 Å². The number of thiazole rings is 2. The maximum absolute atomic E-state index is 11.9. The van der Waals surface area contributed by atoms with Crippen molar-refractivity contribution in [2.45, 2.75) is 13.8 Å². The second-order valence-corrected chi connectivity index (χ2v) is 8.41. The first-order valence-corrected chi connectivity index (χ1v) is 10.7. The van der Waals surface area contributed by atoms with Crippen LogP contribution in [0.4, 0.5) is 10.3 Å². The molecule has 3 rings (SSSR count). The number of carbonyl (C=O) groups excluding carboxylic acids is 2. The summed E-state index contributed by atoms with van der Waals surface area (Å²) in [7, 11) is 3.56. The molecule has 0 radical (unpaired) electrons. The second kappa shape index (κ2) is 8.70. The Hall–Kier alpha value is -2.46. The van der Waals surface area contributed by atoms with Gasteiger partial charge in [0.15, 0.2) is 10.3 Å². The highest BCUT2D eigenvalue weighted by molar-refractivity contribution is 7.24. The van der Waals surface area contributed by atoms with Gasteiger partial charge in [-0.25, -0.2) is 9.97 Å². The Labute approximate surface area is 171 Å². The zero-order valence-electron chi connectivity index (χ0n) is 16.4. The normalized spacial score (nSPS) is 11.0. The van der Waals surface area contributed by atoms with Gasteiger partial charge in [-0.2, -0.15) is 0 Å². The highest BCUT2D eigenvalue weighted by atomic mass is 32.1. The lowest BCUT2D eigenvalue weighted by atomic mass is 10.3. The molecule has 0 fully saturated rings. The third-order valence-corrected chi connectivity index (χ3v) is 6.43. The zero-order valence-corrected chi connectivity index (χ0v) is 18.0. The van der Waals surface area contributed by atoms with Crippen molar-refractivity contribution in [3.8, 4) is 0 Å². The molecule has 0 aliphatic rings. The van der Waals surface area contributed by atoms with E-state index >= 15 is 0 Å². The van der Waals surface area contributed by atoms with E-state index in [9.17, 15) is 9.59 Å². The minimum atomic E-state index is 0.0309. The van der Waals surface area contributed by atoms with E-state index < -0.39 is 0 Å². The predicted molar refractivity (Wildman–Crippen MR) is 116 cm³/mol. The van der Waals surface area contributed by atoms with E-state index in [-0.39, 0.29) is 24.9 Å². The number of hydrogen-bond donors (Lipinski definition) is 2. The van der Waals surface area contributed by atoms with E-state index in [0.29, 0.717) is 13.1 Å².